The SMILES string of the molecule is CCN(CC1CC1)C(CO)C(N)C(C)C. The van der Waals surface area contributed by atoms with Crippen LogP contribution in [0.5, 0.6) is 0 Å². The molecule has 1 saturated carbocycles. The van der Waals surface area contributed by atoms with Crippen molar-refractivity contribution in [2.75, 3.05) is 19.7 Å². The van der Waals surface area contributed by atoms with E-state index in [1.54, 1.807) is 0 Å². The molecule has 0 radical (unpaired) electrons. The minimum Gasteiger partial charge on any atom is -0.395 e. The lowest BCUT2D eigenvalue weighted by atomic mass is 9.96. The highest BCUT2D eigenvalue weighted by Gasteiger charge is 2.30. The van der Waals surface area contributed by atoms with E-state index < -0.39 is 0 Å². The molecule has 2 atom stereocenters. The lowest BCUT2D eigenvalue weighted by Gasteiger charge is -2.35. The molecule has 0 heterocycles. The third kappa shape index (κ3) is 3.74. The largest absolute Gasteiger partial charge is 0.395 e. The fourth-order valence-electron chi connectivity index (χ4n) is 2.06. The monoisotopic (exact) mass is 214 g/mol. The number of hydrogen-bond acceptors (Lipinski definition) is 3. The van der Waals surface area contributed by atoms with Crippen molar-refractivity contribution >= 4 is 0 Å². The Kier molecular flexibility index (Phi) is 5.03. The van der Waals surface area contributed by atoms with E-state index in [2.05, 4.69) is 25.7 Å². The van der Waals surface area contributed by atoms with E-state index >= 15 is 0 Å². The van der Waals surface area contributed by atoms with Crippen molar-refractivity contribution in [2.24, 2.45) is 17.6 Å². The lowest BCUT2D eigenvalue weighted by molar-refractivity contribution is 0.0918. The Balaban J connectivity index is 2.51. The van der Waals surface area contributed by atoms with Crippen LogP contribution in [0.3, 0.4) is 0 Å². The second-order valence-electron chi connectivity index (χ2n) is 5.10. The molecule has 0 aromatic heterocycles. The summed E-state index contributed by atoms with van der Waals surface area (Å²) < 4.78 is 0. The molecule has 0 aliphatic heterocycles. The first-order valence-corrected chi connectivity index (χ1v) is 6.20. The second kappa shape index (κ2) is 5.83. The molecular formula is C12H26N2O. The van der Waals surface area contributed by atoms with E-state index in [1.807, 2.05) is 0 Å². The van der Waals surface area contributed by atoms with E-state index in [0.29, 0.717) is 5.92 Å². The zero-order chi connectivity index (χ0) is 11.4. The highest BCUT2D eigenvalue weighted by molar-refractivity contribution is 4.87. The second-order valence-corrected chi connectivity index (χ2v) is 5.10. The molecule has 3 N–H and O–H groups in total. The number of likely N-dealkylation sites (N-methyl/N-ethyl adjacent to an activating group) is 1. The van der Waals surface area contributed by atoms with Crippen molar-refractivity contribution < 1.29 is 5.11 Å². The van der Waals surface area contributed by atoms with Crippen LogP contribution in [-0.4, -0.2) is 41.8 Å². The van der Waals surface area contributed by atoms with Gasteiger partial charge in [0.25, 0.3) is 0 Å². The Morgan fingerprint density at radius 2 is 2.00 bits per heavy atom. The van der Waals surface area contributed by atoms with Crippen molar-refractivity contribution in [3.05, 3.63) is 0 Å². The predicted octanol–water partition coefficient (Wildman–Crippen LogP) is 1.06. The number of aliphatic hydroxyl groups is 1. The number of rotatable bonds is 7. The minimum absolute atomic E-state index is 0.0775. The van der Waals surface area contributed by atoms with Gasteiger partial charge in [-0.15, -0.1) is 0 Å². The molecule has 1 fully saturated rings. The normalized spacial score (nSPS) is 21.0. The molecule has 2 unspecified atom stereocenters. The molecule has 3 nitrogen and oxygen atoms in total. The van der Waals surface area contributed by atoms with Gasteiger partial charge in [0.2, 0.25) is 0 Å². The molecule has 0 amide bonds. The first-order valence-electron chi connectivity index (χ1n) is 6.20. The van der Waals surface area contributed by atoms with E-state index in [4.69, 9.17) is 5.73 Å². The van der Waals surface area contributed by atoms with Crippen LogP contribution in [0.1, 0.15) is 33.6 Å². The molecule has 1 rings (SSSR count). The van der Waals surface area contributed by atoms with Gasteiger partial charge >= 0.3 is 0 Å². The van der Waals surface area contributed by atoms with Crippen molar-refractivity contribution in [2.45, 2.75) is 45.7 Å². The summed E-state index contributed by atoms with van der Waals surface area (Å²) in [6.45, 7) is 8.68. The van der Waals surface area contributed by atoms with Crippen LogP contribution in [0.4, 0.5) is 0 Å². The summed E-state index contributed by atoms with van der Waals surface area (Å²) in [6, 6.07) is 0.212. The van der Waals surface area contributed by atoms with Gasteiger partial charge < -0.3 is 10.8 Å². The zero-order valence-electron chi connectivity index (χ0n) is 10.3. The summed E-state index contributed by atoms with van der Waals surface area (Å²) in [5, 5.41) is 9.46. The number of hydrogen-bond donors (Lipinski definition) is 2. The topological polar surface area (TPSA) is 49.5 Å². The molecule has 0 aromatic rings. The summed E-state index contributed by atoms with van der Waals surface area (Å²) in [4.78, 5) is 2.35. The number of aliphatic hydroxyl groups excluding tert-OH is 1. The van der Waals surface area contributed by atoms with E-state index in [1.165, 1.54) is 12.8 Å². The summed E-state index contributed by atoms with van der Waals surface area (Å²) in [5.74, 6) is 1.29. The van der Waals surface area contributed by atoms with Gasteiger partial charge in [-0.3, -0.25) is 4.90 Å². The lowest BCUT2D eigenvalue weighted by Crippen LogP contribution is -2.52. The highest BCUT2D eigenvalue weighted by atomic mass is 16.3. The van der Waals surface area contributed by atoms with Gasteiger partial charge in [0.15, 0.2) is 0 Å². The average molecular weight is 214 g/mol. The molecule has 90 valence electrons. The summed E-state index contributed by atoms with van der Waals surface area (Å²) in [7, 11) is 0. The highest BCUT2D eigenvalue weighted by Crippen LogP contribution is 2.30. The molecule has 3 heteroatoms. The van der Waals surface area contributed by atoms with Gasteiger partial charge in [-0.25, -0.2) is 0 Å². The molecule has 0 spiro atoms. The van der Waals surface area contributed by atoms with E-state index in [9.17, 15) is 5.11 Å². The summed E-state index contributed by atoms with van der Waals surface area (Å²) >= 11 is 0. The predicted molar refractivity (Wildman–Crippen MR) is 63.7 cm³/mol. The van der Waals surface area contributed by atoms with E-state index in [-0.39, 0.29) is 18.7 Å². The third-order valence-electron chi connectivity index (χ3n) is 3.47. The Morgan fingerprint density at radius 3 is 2.33 bits per heavy atom. The molecular weight excluding hydrogens is 188 g/mol. The van der Waals surface area contributed by atoms with Gasteiger partial charge in [-0.1, -0.05) is 20.8 Å². The van der Waals surface area contributed by atoms with Crippen LogP contribution in [0.25, 0.3) is 0 Å². The van der Waals surface area contributed by atoms with Crippen LogP contribution in [-0.2, 0) is 0 Å². The smallest absolute Gasteiger partial charge is 0.0602 e. The average Bonchev–Trinajstić information content (AvgIpc) is 3.00. The van der Waals surface area contributed by atoms with Gasteiger partial charge in [0, 0.05) is 18.6 Å². The van der Waals surface area contributed by atoms with Crippen LogP contribution in [0.15, 0.2) is 0 Å². The van der Waals surface area contributed by atoms with Crippen LogP contribution >= 0.6 is 0 Å². The first kappa shape index (κ1) is 12.9. The Morgan fingerprint density at radius 1 is 1.40 bits per heavy atom. The van der Waals surface area contributed by atoms with Crippen molar-refractivity contribution in [1.82, 2.24) is 4.90 Å². The zero-order valence-corrected chi connectivity index (χ0v) is 10.3. The maximum Gasteiger partial charge on any atom is 0.0602 e. The standard InChI is InChI=1S/C12H26N2O/c1-4-14(7-10-5-6-10)11(8-15)12(13)9(2)3/h9-12,15H,4-8,13H2,1-3H3. The Bertz CT molecular complexity index is 180. The molecule has 1 aliphatic rings. The maximum absolute atomic E-state index is 9.46. The first-order chi connectivity index (χ1) is 7.10. The Hall–Kier alpha value is -0.120. The fourth-order valence-corrected chi connectivity index (χ4v) is 2.06. The van der Waals surface area contributed by atoms with Gasteiger partial charge in [-0.05, 0) is 31.2 Å². The van der Waals surface area contributed by atoms with E-state index in [0.717, 1.165) is 19.0 Å². The van der Waals surface area contributed by atoms with Crippen molar-refractivity contribution in [3.63, 3.8) is 0 Å². The summed E-state index contributed by atoms with van der Waals surface area (Å²) in [5.41, 5.74) is 6.14. The van der Waals surface area contributed by atoms with Crippen LogP contribution in [0, 0.1) is 11.8 Å². The van der Waals surface area contributed by atoms with Crippen LogP contribution in [0.2, 0.25) is 0 Å². The van der Waals surface area contributed by atoms with Gasteiger partial charge in [0.1, 0.15) is 0 Å². The van der Waals surface area contributed by atoms with Crippen molar-refractivity contribution in [3.8, 4) is 0 Å². The molecule has 0 saturated heterocycles. The van der Waals surface area contributed by atoms with Crippen molar-refractivity contribution in [1.29, 1.82) is 0 Å². The third-order valence-corrected chi connectivity index (χ3v) is 3.47. The maximum atomic E-state index is 9.46. The molecule has 1 aliphatic carbocycles. The van der Waals surface area contributed by atoms with Crippen LogP contribution < -0.4 is 5.73 Å². The molecule has 0 aromatic carbocycles. The molecule has 15 heavy (non-hydrogen) atoms. The van der Waals surface area contributed by atoms with Gasteiger partial charge in [-0.2, -0.15) is 0 Å². The Labute approximate surface area is 93.6 Å². The molecule has 0 bridgehead atoms. The quantitative estimate of drug-likeness (QED) is 0.666. The van der Waals surface area contributed by atoms with Gasteiger partial charge in [0.05, 0.1) is 6.61 Å². The summed E-state index contributed by atoms with van der Waals surface area (Å²) in [6.07, 6.45) is 2.71. The minimum atomic E-state index is 0.0775. The number of nitrogens with zero attached hydrogens (tertiary/aromatic N) is 1. The fraction of sp³-hybridized carbons (Fsp3) is 1.00. The number of nitrogens with two attached hydrogens (primary N) is 1.